The SMILES string of the molecule is O=C(CCc1ccc2c(c1)OCCO2)CNC1CC1. The lowest BCUT2D eigenvalue weighted by molar-refractivity contribution is -0.118. The predicted octanol–water partition coefficient (Wildman–Crippen LogP) is 1.71. The molecule has 0 unspecified atom stereocenters. The first-order valence-electron chi connectivity index (χ1n) is 6.95. The molecule has 0 saturated heterocycles. The van der Waals surface area contributed by atoms with Crippen LogP contribution in [0.3, 0.4) is 0 Å². The number of hydrogen-bond donors (Lipinski definition) is 1. The number of ether oxygens (including phenoxy) is 2. The molecule has 1 fully saturated rings. The molecule has 4 nitrogen and oxygen atoms in total. The number of nitrogens with one attached hydrogen (secondary N) is 1. The molecule has 0 atom stereocenters. The zero-order chi connectivity index (χ0) is 13.1. The summed E-state index contributed by atoms with van der Waals surface area (Å²) in [5, 5.41) is 3.25. The first-order valence-corrected chi connectivity index (χ1v) is 6.95. The summed E-state index contributed by atoms with van der Waals surface area (Å²) in [6.45, 7) is 1.72. The van der Waals surface area contributed by atoms with E-state index in [-0.39, 0.29) is 5.78 Å². The van der Waals surface area contributed by atoms with Gasteiger partial charge in [-0.1, -0.05) is 6.07 Å². The second-order valence-electron chi connectivity index (χ2n) is 5.17. The van der Waals surface area contributed by atoms with E-state index in [2.05, 4.69) is 5.32 Å². The number of hydrogen-bond acceptors (Lipinski definition) is 4. The van der Waals surface area contributed by atoms with Crippen LogP contribution in [0, 0.1) is 0 Å². The maximum Gasteiger partial charge on any atom is 0.161 e. The maximum atomic E-state index is 11.7. The zero-order valence-corrected chi connectivity index (χ0v) is 11.0. The lowest BCUT2D eigenvalue weighted by Crippen LogP contribution is -2.24. The van der Waals surface area contributed by atoms with Crippen LogP contribution in [-0.2, 0) is 11.2 Å². The zero-order valence-electron chi connectivity index (χ0n) is 11.0. The molecule has 1 aliphatic heterocycles. The van der Waals surface area contributed by atoms with Gasteiger partial charge in [-0.25, -0.2) is 0 Å². The fourth-order valence-electron chi connectivity index (χ4n) is 2.16. The molecule has 1 aliphatic carbocycles. The van der Waals surface area contributed by atoms with Crippen molar-refractivity contribution in [2.24, 2.45) is 0 Å². The van der Waals surface area contributed by atoms with E-state index < -0.39 is 0 Å². The highest BCUT2D eigenvalue weighted by molar-refractivity contribution is 5.80. The molecule has 1 N–H and O–H groups in total. The number of rotatable bonds is 6. The molecule has 1 saturated carbocycles. The summed E-state index contributed by atoms with van der Waals surface area (Å²) in [5.74, 6) is 1.88. The van der Waals surface area contributed by atoms with Crippen molar-refractivity contribution in [3.05, 3.63) is 23.8 Å². The number of ketones is 1. The minimum atomic E-state index is 0.279. The monoisotopic (exact) mass is 261 g/mol. The van der Waals surface area contributed by atoms with Gasteiger partial charge in [0.05, 0.1) is 6.54 Å². The summed E-state index contributed by atoms with van der Waals surface area (Å²) < 4.78 is 11.0. The molecule has 0 amide bonds. The van der Waals surface area contributed by atoms with Gasteiger partial charge in [0.25, 0.3) is 0 Å². The van der Waals surface area contributed by atoms with Crippen molar-refractivity contribution in [2.45, 2.75) is 31.7 Å². The second-order valence-corrected chi connectivity index (χ2v) is 5.17. The molecular formula is C15H19NO3. The van der Waals surface area contributed by atoms with E-state index in [9.17, 15) is 4.79 Å². The maximum absolute atomic E-state index is 11.7. The number of carbonyl (C=O) groups is 1. The highest BCUT2D eigenvalue weighted by Crippen LogP contribution is 2.31. The number of aryl methyl sites for hydroxylation is 1. The lowest BCUT2D eigenvalue weighted by Gasteiger charge is -2.18. The van der Waals surface area contributed by atoms with Crippen molar-refractivity contribution in [1.82, 2.24) is 5.32 Å². The fraction of sp³-hybridized carbons (Fsp3) is 0.533. The Kier molecular flexibility index (Phi) is 3.69. The third kappa shape index (κ3) is 3.47. The van der Waals surface area contributed by atoms with E-state index >= 15 is 0 Å². The van der Waals surface area contributed by atoms with Crippen molar-refractivity contribution in [3.63, 3.8) is 0 Å². The lowest BCUT2D eigenvalue weighted by atomic mass is 10.1. The summed E-state index contributed by atoms with van der Waals surface area (Å²) in [7, 11) is 0. The van der Waals surface area contributed by atoms with Crippen LogP contribution < -0.4 is 14.8 Å². The van der Waals surface area contributed by atoms with Crippen molar-refractivity contribution >= 4 is 5.78 Å². The predicted molar refractivity (Wildman–Crippen MR) is 71.8 cm³/mol. The van der Waals surface area contributed by atoms with Gasteiger partial charge >= 0.3 is 0 Å². The average Bonchev–Trinajstić information content (AvgIpc) is 3.27. The van der Waals surface area contributed by atoms with Crippen LogP contribution in [0.15, 0.2) is 18.2 Å². The summed E-state index contributed by atoms with van der Waals surface area (Å²) in [6, 6.07) is 6.51. The Morgan fingerprint density at radius 2 is 2.00 bits per heavy atom. The minimum absolute atomic E-state index is 0.279. The molecule has 102 valence electrons. The normalized spacial score (nSPS) is 17.3. The first kappa shape index (κ1) is 12.5. The summed E-state index contributed by atoms with van der Waals surface area (Å²) in [5.41, 5.74) is 1.13. The Labute approximate surface area is 113 Å². The third-order valence-corrected chi connectivity index (χ3v) is 3.46. The number of carbonyl (C=O) groups excluding carboxylic acids is 1. The Morgan fingerprint density at radius 3 is 2.79 bits per heavy atom. The van der Waals surface area contributed by atoms with E-state index in [0.29, 0.717) is 32.2 Å². The van der Waals surface area contributed by atoms with Crippen molar-refractivity contribution in [3.8, 4) is 11.5 Å². The van der Waals surface area contributed by atoms with Gasteiger partial charge in [-0.15, -0.1) is 0 Å². The molecule has 1 aromatic rings. The van der Waals surface area contributed by atoms with E-state index in [1.807, 2.05) is 18.2 Å². The van der Waals surface area contributed by atoms with Crippen LogP contribution in [0.2, 0.25) is 0 Å². The Balaban J connectivity index is 1.50. The van der Waals surface area contributed by atoms with Crippen LogP contribution in [0.4, 0.5) is 0 Å². The number of benzene rings is 1. The average molecular weight is 261 g/mol. The molecule has 3 rings (SSSR count). The molecule has 1 aromatic carbocycles. The van der Waals surface area contributed by atoms with Crippen molar-refractivity contribution in [1.29, 1.82) is 0 Å². The van der Waals surface area contributed by atoms with Crippen LogP contribution in [-0.4, -0.2) is 31.6 Å². The van der Waals surface area contributed by atoms with Crippen molar-refractivity contribution < 1.29 is 14.3 Å². The smallest absolute Gasteiger partial charge is 0.161 e. The second kappa shape index (κ2) is 5.61. The molecule has 0 radical (unpaired) electrons. The van der Waals surface area contributed by atoms with Gasteiger partial charge < -0.3 is 14.8 Å². The van der Waals surface area contributed by atoms with Gasteiger partial charge in [0, 0.05) is 12.5 Å². The van der Waals surface area contributed by atoms with E-state index in [1.54, 1.807) is 0 Å². The van der Waals surface area contributed by atoms with E-state index in [4.69, 9.17) is 9.47 Å². The number of fused-ring (bicyclic) bond motifs is 1. The Morgan fingerprint density at radius 1 is 1.21 bits per heavy atom. The molecule has 0 spiro atoms. The minimum Gasteiger partial charge on any atom is -0.486 e. The quantitative estimate of drug-likeness (QED) is 0.847. The molecule has 4 heteroatoms. The summed E-state index contributed by atoms with van der Waals surface area (Å²) >= 11 is 0. The highest BCUT2D eigenvalue weighted by Gasteiger charge is 2.21. The molecule has 0 aromatic heterocycles. The van der Waals surface area contributed by atoms with Gasteiger partial charge in [0.15, 0.2) is 11.5 Å². The van der Waals surface area contributed by atoms with Crippen molar-refractivity contribution in [2.75, 3.05) is 19.8 Å². The van der Waals surface area contributed by atoms with Crippen LogP contribution in [0.25, 0.3) is 0 Å². The summed E-state index contributed by atoms with van der Waals surface area (Å²) in [6.07, 6.45) is 3.78. The third-order valence-electron chi connectivity index (χ3n) is 3.46. The van der Waals surface area contributed by atoms with Gasteiger partial charge in [-0.3, -0.25) is 4.79 Å². The van der Waals surface area contributed by atoms with Crippen LogP contribution in [0.1, 0.15) is 24.8 Å². The fourth-order valence-corrected chi connectivity index (χ4v) is 2.16. The van der Waals surface area contributed by atoms with Gasteiger partial charge in [0.1, 0.15) is 19.0 Å². The number of Topliss-reactive ketones (excluding diaryl/α,β-unsaturated/α-hetero) is 1. The molecule has 0 bridgehead atoms. The van der Waals surface area contributed by atoms with Crippen LogP contribution in [0.5, 0.6) is 11.5 Å². The standard InChI is InChI=1S/C15H19NO3/c17-13(10-16-12-3-4-12)5-1-11-2-6-14-15(9-11)19-8-7-18-14/h2,6,9,12,16H,1,3-5,7-8,10H2. The highest BCUT2D eigenvalue weighted by atomic mass is 16.6. The first-order chi connectivity index (χ1) is 9.31. The molecule has 19 heavy (non-hydrogen) atoms. The molecular weight excluding hydrogens is 242 g/mol. The summed E-state index contributed by atoms with van der Waals surface area (Å²) in [4.78, 5) is 11.7. The molecule has 2 aliphatic rings. The Bertz CT molecular complexity index is 468. The largest absolute Gasteiger partial charge is 0.486 e. The van der Waals surface area contributed by atoms with Gasteiger partial charge in [0.2, 0.25) is 0 Å². The topological polar surface area (TPSA) is 47.6 Å². The van der Waals surface area contributed by atoms with E-state index in [0.717, 1.165) is 23.5 Å². The Hall–Kier alpha value is -1.55. The van der Waals surface area contributed by atoms with Gasteiger partial charge in [-0.05, 0) is 37.0 Å². The van der Waals surface area contributed by atoms with Gasteiger partial charge in [-0.2, -0.15) is 0 Å². The van der Waals surface area contributed by atoms with E-state index in [1.165, 1.54) is 12.8 Å². The van der Waals surface area contributed by atoms with Crippen LogP contribution >= 0.6 is 0 Å². The molecule has 1 heterocycles.